The Kier molecular flexibility index (Phi) is 3.92. The minimum Gasteiger partial charge on any atom is -0.481 e. The summed E-state index contributed by atoms with van der Waals surface area (Å²) in [4.78, 5) is 10.5. The summed E-state index contributed by atoms with van der Waals surface area (Å²) in [7, 11) is 1.88. The van der Waals surface area contributed by atoms with Crippen molar-refractivity contribution in [3.8, 4) is 0 Å². The first-order valence-electron chi connectivity index (χ1n) is 5.22. The molecule has 0 saturated carbocycles. The molecule has 9 heteroatoms. The fourth-order valence-electron chi connectivity index (χ4n) is 1.39. The topological polar surface area (TPSA) is 98.7 Å². The third-order valence-corrected chi connectivity index (χ3v) is 3.25. The van der Waals surface area contributed by atoms with Gasteiger partial charge in [-0.25, -0.2) is 0 Å². The lowest BCUT2D eigenvalue weighted by Gasteiger charge is -2.04. The van der Waals surface area contributed by atoms with Gasteiger partial charge in [0.2, 0.25) is 0 Å². The fourth-order valence-corrected chi connectivity index (χ4v) is 2.05. The molecule has 0 atom stereocenters. The van der Waals surface area contributed by atoms with Crippen LogP contribution in [0.1, 0.15) is 5.82 Å². The van der Waals surface area contributed by atoms with Crippen molar-refractivity contribution in [2.45, 2.75) is 18.1 Å². The molecule has 2 aromatic heterocycles. The zero-order chi connectivity index (χ0) is 13.0. The van der Waals surface area contributed by atoms with Gasteiger partial charge in [-0.15, -0.1) is 20.4 Å². The quantitative estimate of drug-likeness (QED) is 0.726. The zero-order valence-electron chi connectivity index (χ0n) is 9.72. The number of hydrogen-bond donors (Lipinski definition) is 1. The Hall–Kier alpha value is -1.90. The van der Waals surface area contributed by atoms with E-state index in [4.69, 9.17) is 5.11 Å². The van der Waals surface area contributed by atoms with Gasteiger partial charge in [0, 0.05) is 20.0 Å². The van der Waals surface area contributed by atoms with Gasteiger partial charge < -0.3 is 14.2 Å². The molecule has 0 aliphatic rings. The van der Waals surface area contributed by atoms with Crippen LogP contribution in [-0.4, -0.2) is 46.4 Å². The van der Waals surface area contributed by atoms with Crippen molar-refractivity contribution in [2.24, 2.45) is 7.05 Å². The maximum absolute atomic E-state index is 10.5. The van der Waals surface area contributed by atoms with E-state index < -0.39 is 5.97 Å². The molecule has 0 fully saturated rings. The molecule has 18 heavy (non-hydrogen) atoms. The van der Waals surface area contributed by atoms with E-state index >= 15 is 0 Å². The van der Waals surface area contributed by atoms with E-state index in [-0.39, 0.29) is 5.75 Å². The molecule has 0 amide bonds. The van der Waals surface area contributed by atoms with Crippen LogP contribution in [-0.2, 0) is 24.8 Å². The van der Waals surface area contributed by atoms with E-state index in [1.54, 1.807) is 12.7 Å². The number of rotatable bonds is 6. The summed E-state index contributed by atoms with van der Waals surface area (Å²) in [5, 5.41) is 24.6. The molecule has 0 aliphatic heterocycles. The highest BCUT2D eigenvalue weighted by atomic mass is 32.2. The zero-order valence-corrected chi connectivity index (χ0v) is 10.5. The average molecular weight is 268 g/mol. The second-order valence-electron chi connectivity index (χ2n) is 3.60. The normalized spacial score (nSPS) is 10.7. The summed E-state index contributed by atoms with van der Waals surface area (Å²) >= 11 is 1.15. The van der Waals surface area contributed by atoms with Crippen LogP contribution in [0, 0.1) is 0 Å². The van der Waals surface area contributed by atoms with Gasteiger partial charge in [-0.1, -0.05) is 11.8 Å². The van der Waals surface area contributed by atoms with Gasteiger partial charge in [-0.2, -0.15) is 0 Å². The van der Waals surface area contributed by atoms with Crippen LogP contribution in [0.4, 0.5) is 0 Å². The van der Waals surface area contributed by atoms with Crippen molar-refractivity contribution in [1.29, 1.82) is 0 Å². The highest BCUT2D eigenvalue weighted by Crippen LogP contribution is 2.14. The predicted octanol–water partition coefficient (Wildman–Crippen LogP) is -0.174. The van der Waals surface area contributed by atoms with Crippen LogP contribution < -0.4 is 0 Å². The van der Waals surface area contributed by atoms with Crippen molar-refractivity contribution < 1.29 is 9.90 Å². The summed E-state index contributed by atoms with van der Waals surface area (Å²) in [6, 6.07) is 0. The lowest BCUT2D eigenvalue weighted by molar-refractivity contribution is -0.133. The monoisotopic (exact) mass is 268 g/mol. The molecular weight excluding hydrogens is 256 g/mol. The highest BCUT2D eigenvalue weighted by molar-refractivity contribution is 7.99. The molecule has 0 bridgehead atoms. The van der Waals surface area contributed by atoms with Crippen molar-refractivity contribution in [1.82, 2.24) is 29.5 Å². The third kappa shape index (κ3) is 3.06. The number of carbonyl (C=O) groups is 1. The molecule has 1 N–H and O–H groups in total. The average Bonchev–Trinajstić information content (AvgIpc) is 2.92. The van der Waals surface area contributed by atoms with E-state index in [0.717, 1.165) is 17.6 Å². The number of thioether (sulfide) groups is 1. The standard InChI is InChI=1S/C9H12N6O2S/c1-14-5-10-12-7(14)2-3-15-6-11-13-9(15)18-4-8(16)17/h5-6H,2-4H2,1H3,(H,16,17). The number of carboxylic acid groups (broad SMARTS) is 1. The van der Waals surface area contributed by atoms with Gasteiger partial charge >= 0.3 is 5.97 Å². The smallest absolute Gasteiger partial charge is 0.313 e. The minimum atomic E-state index is -0.872. The SMILES string of the molecule is Cn1cnnc1CCn1cnnc1SCC(=O)O. The van der Waals surface area contributed by atoms with Crippen molar-refractivity contribution in [3.05, 3.63) is 18.5 Å². The van der Waals surface area contributed by atoms with Gasteiger partial charge in [0.05, 0.1) is 5.75 Å². The summed E-state index contributed by atoms with van der Waals surface area (Å²) in [5.74, 6) is -0.0384. The van der Waals surface area contributed by atoms with Crippen LogP contribution in [0.3, 0.4) is 0 Å². The van der Waals surface area contributed by atoms with Gasteiger partial charge in [0.1, 0.15) is 18.5 Å². The second-order valence-corrected chi connectivity index (χ2v) is 4.54. The molecule has 0 aromatic carbocycles. The molecule has 2 heterocycles. The van der Waals surface area contributed by atoms with Crippen LogP contribution in [0.5, 0.6) is 0 Å². The Morgan fingerprint density at radius 2 is 2.17 bits per heavy atom. The molecule has 2 rings (SSSR count). The summed E-state index contributed by atoms with van der Waals surface area (Å²) in [6.07, 6.45) is 3.91. The number of aromatic nitrogens is 6. The highest BCUT2D eigenvalue weighted by Gasteiger charge is 2.09. The van der Waals surface area contributed by atoms with Crippen molar-refractivity contribution in [2.75, 3.05) is 5.75 Å². The fraction of sp³-hybridized carbons (Fsp3) is 0.444. The molecule has 0 aliphatic carbocycles. The third-order valence-electron chi connectivity index (χ3n) is 2.29. The molecule has 0 radical (unpaired) electrons. The summed E-state index contributed by atoms with van der Waals surface area (Å²) in [6.45, 7) is 0.640. The Bertz CT molecular complexity index is 537. The molecule has 0 spiro atoms. The number of nitrogens with zero attached hydrogens (tertiary/aromatic N) is 6. The Labute approximate surface area is 107 Å². The first kappa shape index (κ1) is 12.6. The minimum absolute atomic E-state index is 0.0251. The van der Waals surface area contributed by atoms with Crippen LogP contribution in [0.25, 0.3) is 0 Å². The summed E-state index contributed by atoms with van der Waals surface area (Å²) < 4.78 is 3.65. The lowest BCUT2D eigenvalue weighted by Crippen LogP contribution is -2.07. The largest absolute Gasteiger partial charge is 0.481 e. The molecule has 0 saturated heterocycles. The van der Waals surface area contributed by atoms with Crippen LogP contribution in [0.2, 0.25) is 0 Å². The molecular formula is C9H12N6O2S. The van der Waals surface area contributed by atoms with E-state index in [0.29, 0.717) is 18.1 Å². The van der Waals surface area contributed by atoms with E-state index in [1.807, 2.05) is 16.2 Å². The Morgan fingerprint density at radius 1 is 1.39 bits per heavy atom. The molecule has 96 valence electrons. The van der Waals surface area contributed by atoms with Gasteiger partial charge in [-0.3, -0.25) is 4.79 Å². The second kappa shape index (κ2) is 5.63. The van der Waals surface area contributed by atoms with Gasteiger partial charge in [0.15, 0.2) is 5.16 Å². The van der Waals surface area contributed by atoms with E-state index in [2.05, 4.69) is 20.4 Å². The van der Waals surface area contributed by atoms with Crippen LogP contribution in [0.15, 0.2) is 17.8 Å². The van der Waals surface area contributed by atoms with Crippen molar-refractivity contribution in [3.63, 3.8) is 0 Å². The lowest BCUT2D eigenvalue weighted by atomic mass is 10.4. The molecule has 8 nitrogen and oxygen atoms in total. The van der Waals surface area contributed by atoms with Gasteiger partial charge in [-0.05, 0) is 0 Å². The maximum atomic E-state index is 10.5. The van der Waals surface area contributed by atoms with Crippen LogP contribution >= 0.6 is 11.8 Å². The number of carboxylic acids is 1. The van der Waals surface area contributed by atoms with E-state index in [9.17, 15) is 4.79 Å². The molecule has 2 aromatic rings. The van der Waals surface area contributed by atoms with Crippen molar-refractivity contribution >= 4 is 17.7 Å². The Balaban J connectivity index is 1.95. The first-order valence-corrected chi connectivity index (χ1v) is 6.20. The summed E-state index contributed by atoms with van der Waals surface area (Å²) in [5.41, 5.74) is 0. The van der Waals surface area contributed by atoms with Gasteiger partial charge in [0.25, 0.3) is 0 Å². The number of aliphatic carboxylic acids is 1. The predicted molar refractivity (Wildman–Crippen MR) is 63.1 cm³/mol. The maximum Gasteiger partial charge on any atom is 0.313 e. The number of hydrogen-bond acceptors (Lipinski definition) is 6. The molecule has 0 unspecified atom stereocenters. The first-order chi connectivity index (χ1) is 8.66. The number of aryl methyl sites for hydroxylation is 3. The Morgan fingerprint density at radius 3 is 2.83 bits per heavy atom. The van der Waals surface area contributed by atoms with E-state index in [1.165, 1.54) is 0 Å².